The topological polar surface area (TPSA) is 47.8 Å². The fraction of sp³-hybridized carbons (Fsp3) is 0.174. The Kier molecular flexibility index (Phi) is 5.69. The number of rotatable bonds is 6. The maximum absolute atomic E-state index is 11.6. The molecule has 146 valence electrons. The summed E-state index contributed by atoms with van der Waals surface area (Å²) in [6.45, 7) is 3.68. The first-order chi connectivity index (χ1) is 14.0. The molecule has 2 aromatic carbocycles. The molecule has 4 nitrogen and oxygen atoms in total. The van der Waals surface area contributed by atoms with Gasteiger partial charge in [0, 0.05) is 34.1 Å². The van der Waals surface area contributed by atoms with Crippen molar-refractivity contribution in [2.75, 3.05) is 0 Å². The Morgan fingerprint density at radius 3 is 2.52 bits per heavy atom. The second-order valence-electron chi connectivity index (χ2n) is 6.97. The average Bonchev–Trinajstić information content (AvgIpc) is 3.09. The third-order valence-corrected chi connectivity index (χ3v) is 5.98. The van der Waals surface area contributed by atoms with E-state index in [1.165, 1.54) is 0 Å². The van der Waals surface area contributed by atoms with Crippen molar-refractivity contribution in [3.63, 3.8) is 0 Å². The summed E-state index contributed by atoms with van der Waals surface area (Å²) >= 11 is 7.69. The van der Waals surface area contributed by atoms with Gasteiger partial charge in [-0.2, -0.15) is 0 Å². The Bertz CT molecular complexity index is 1160. The van der Waals surface area contributed by atoms with Crippen LogP contribution in [0.5, 0.6) is 0 Å². The number of aromatic nitrogens is 3. The number of carbonyl (C=O) groups excluding carboxylic acids is 1. The lowest BCUT2D eigenvalue weighted by Crippen LogP contribution is -2.04. The summed E-state index contributed by atoms with van der Waals surface area (Å²) in [5.74, 6) is 0.178. The van der Waals surface area contributed by atoms with Gasteiger partial charge in [0.2, 0.25) is 0 Å². The van der Waals surface area contributed by atoms with Crippen LogP contribution in [-0.4, -0.2) is 25.6 Å². The summed E-state index contributed by atoms with van der Waals surface area (Å²) in [7, 11) is 0. The van der Waals surface area contributed by atoms with Crippen molar-refractivity contribution >= 4 is 40.2 Å². The molecule has 6 heteroatoms. The number of nitrogens with zero attached hydrogens (tertiary/aromatic N) is 3. The van der Waals surface area contributed by atoms with Gasteiger partial charge in [0.15, 0.2) is 0 Å². The standard InChI is InChI=1S/C23H20ClN3OS/c1-15(28)12-16(2)29-23-21-20(17-6-4-3-5-7-17)13-27(22(21)25-14-26-23)19-10-8-18(24)9-11-19/h3-11,13-14,16H,12H2,1-2H3/t16-/m1/s1. The fourth-order valence-corrected chi connectivity index (χ4v) is 4.65. The molecule has 0 aliphatic carbocycles. The molecule has 0 bridgehead atoms. The van der Waals surface area contributed by atoms with Crippen molar-refractivity contribution in [3.05, 3.63) is 72.1 Å². The first kappa shape index (κ1) is 19.7. The molecule has 0 amide bonds. The van der Waals surface area contributed by atoms with E-state index in [-0.39, 0.29) is 11.0 Å². The van der Waals surface area contributed by atoms with Crippen molar-refractivity contribution in [1.82, 2.24) is 14.5 Å². The Morgan fingerprint density at radius 1 is 1.10 bits per heavy atom. The summed E-state index contributed by atoms with van der Waals surface area (Å²) in [6, 6.07) is 17.9. The molecule has 0 aliphatic rings. The van der Waals surface area contributed by atoms with Crippen LogP contribution in [-0.2, 0) is 4.79 Å². The van der Waals surface area contributed by atoms with Crippen molar-refractivity contribution in [3.8, 4) is 16.8 Å². The number of fused-ring (bicyclic) bond motifs is 1. The maximum Gasteiger partial charge on any atom is 0.149 e. The van der Waals surface area contributed by atoms with Crippen LogP contribution in [0.2, 0.25) is 5.02 Å². The molecule has 4 rings (SSSR count). The van der Waals surface area contributed by atoms with Crippen LogP contribution in [0.1, 0.15) is 20.3 Å². The highest BCUT2D eigenvalue weighted by Gasteiger charge is 2.19. The molecule has 0 spiro atoms. The van der Waals surface area contributed by atoms with Crippen molar-refractivity contribution in [2.45, 2.75) is 30.5 Å². The lowest BCUT2D eigenvalue weighted by Gasteiger charge is -2.10. The van der Waals surface area contributed by atoms with Crippen LogP contribution in [0.4, 0.5) is 0 Å². The highest BCUT2D eigenvalue weighted by atomic mass is 35.5. The van der Waals surface area contributed by atoms with Gasteiger partial charge in [-0.1, -0.05) is 48.9 Å². The smallest absolute Gasteiger partial charge is 0.149 e. The van der Waals surface area contributed by atoms with Crippen LogP contribution >= 0.6 is 23.4 Å². The minimum atomic E-state index is 0.133. The third kappa shape index (κ3) is 4.21. The zero-order valence-corrected chi connectivity index (χ0v) is 17.7. The summed E-state index contributed by atoms with van der Waals surface area (Å²) in [5.41, 5.74) is 3.97. The zero-order chi connectivity index (χ0) is 20.4. The Morgan fingerprint density at radius 2 is 1.83 bits per heavy atom. The SMILES string of the molecule is CC(=O)C[C@@H](C)Sc1ncnc2c1c(-c1ccccc1)cn2-c1ccc(Cl)cc1. The molecule has 0 N–H and O–H groups in total. The van der Waals surface area contributed by atoms with Crippen LogP contribution in [0.15, 0.2) is 72.1 Å². The number of ketones is 1. The van der Waals surface area contributed by atoms with Crippen LogP contribution in [0.25, 0.3) is 27.8 Å². The second kappa shape index (κ2) is 8.39. The molecule has 0 saturated heterocycles. The Balaban J connectivity index is 1.91. The van der Waals surface area contributed by atoms with E-state index in [1.807, 2.05) is 42.5 Å². The number of hydrogen-bond donors (Lipinski definition) is 0. The van der Waals surface area contributed by atoms with Gasteiger partial charge < -0.3 is 4.57 Å². The normalized spacial score (nSPS) is 12.2. The molecular formula is C23H20ClN3OS. The number of Topliss-reactive ketones (excluding diaryl/α,β-unsaturated/α-hetero) is 1. The van der Waals surface area contributed by atoms with Gasteiger partial charge in [-0.15, -0.1) is 11.8 Å². The predicted octanol–water partition coefficient (Wildman–Crippen LogP) is 6.20. The van der Waals surface area contributed by atoms with Gasteiger partial charge >= 0.3 is 0 Å². The Hall–Kier alpha value is -2.63. The molecule has 29 heavy (non-hydrogen) atoms. The molecular weight excluding hydrogens is 402 g/mol. The number of benzene rings is 2. The van der Waals surface area contributed by atoms with E-state index >= 15 is 0 Å². The third-order valence-electron chi connectivity index (χ3n) is 4.63. The molecule has 1 atom stereocenters. The van der Waals surface area contributed by atoms with E-state index in [9.17, 15) is 4.79 Å². The highest BCUT2D eigenvalue weighted by molar-refractivity contribution is 8.00. The molecule has 0 saturated carbocycles. The Labute approximate surface area is 178 Å². The van der Waals surface area contributed by atoms with E-state index < -0.39 is 0 Å². The van der Waals surface area contributed by atoms with E-state index in [0.717, 1.165) is 32.9 Å². The summed E-state index contributed by atoms with van der Waals surface area (Å²) in [6.07, 6.45) is 4.19. The van der Waals surface area contributed by atoms with E-state index in [0.29, 0.717) is 11.4 Å². The first-order valence-corrected chi connectivity index (χ1v) is 10.6. The number of hydrogen-bond acceptors (Lipinski definition) is 4. The van der Waals surface area contributed by atoms with Crippen LogP contribution in [0, 0.1) is 0 Å². The van der Waals surface area contributed by atoms with Crippen LogP contribution in [0.3, 0.4) is 0 Å². The number of halogens is 1. The number of thioether (sulfide) groups is 1. The lowest BCUT2D eigenvalue weighted by atomic mass is 10.1. The molecule has 2 heterocycles. The quantitative estimate of drug-likeness (QED) is 0.274. The molecule has 2 aromatic heterocycles. The van der Waals surface area contributed by atoms with E-state index in [2.05, 4.69) is 39.8 Å². The van der Waals surface area contributed by atoms with E-state index in [1.54, 1.807) is 25.0 Å². The first-order valence-electron chi connectivity index (χ1n) is 9.36. The molecule has 0 aliphatic heterocycles. The van der Waals surface area contributed by atoms with Crippen molar-refractivity contribution < 1.29 is 4.79 Å². The largest absolute Gasteiger partial charge is 0.301 e. The van der Waals surface area contributed by atoms with Gasteiger partial charge in [-0.25, -0.2) is 9.97 Å². The molecule has 4 aromatic rings. The van der Waals surface area contributed by atoms with Gasteiger partial charge in [-0.05, 0) is 36.8 Å². The minimum absolute atomic E-state index is 0.133. The number of carbonyl (C=O) groups is 1. The molecule has 0 radical (unpaired) electrons. The maximum atomic E-state index is 11.6. The van der Waals surface area contributed by atoms with Crippen molar-refractivity contribution in [1.29, 1.82) is 0 Å². The summed E-state index contributed by atoms with van der Waals surface area (Å²) in [5, 5.41) is 2.70. The summed E-state index contributed by atoms with van der Waals surface area (Å²) in [4.78, 5) is 20.7. The van der Waals surface area contributed by atoms with Crippen molar-refractivity contribution in [2.24, 2.45) is 0 Å². The second-order valence-corrected chi connectivity index (χ2v) is 8.83. The highest BCUT2D eigenvalue weighted by Crippen LogP contribution is 2.38. The average molecular weight is 422 g/mol. The fourth-order valence-electron chi connectivity index (χ4n) is 3.40. The van der Waals surface area contributed by atoms with Crippen LogP contribution < -0.4 is 0 Å². The molecule has 0 unspecified atom stereocenters. The van der Waals surface area contributed by atoms with Gasteiger partial charge in [0.05, 0.1) is 5.39 Å². The molecule has 0 fully saturated rings. The van der Waals surface area contributed by atoms with Gasteiger partial charge in [0.25, 0.3) is 0 Å². The van der Waals surface area contributed by atoms with Gasteiger partial charge in [-0.3, -0.25) is 4.79 Å². The van der Waals surface area contributed by atoms with E-state index in [4.69, 9.17) is 11.6 Å². The minimum Gasteiger partial charge on any atom is -0.301 e. The predicted molar refractivity (Wildman–Crippen MR) is 120 cm³/mol. The summed E-state index contributed by atoms with van der Waals surface area (Å²) < 4.78 is 2.06. The monoisotopic (exact) mass is 421 g/mol. The zero-order valence-electron chi connectivity index (χ0n) is 16.2. The lowest BCUT2D eigenvalue weighted by molar-refractivity contribution is -0.116. The van der Waals surface area contributed by atoms with Gasteiger partial charge in [0.1, 0.15) is 22.8 Å².